The molecule has 9 nitrogen and oxygen atoms in total. The summed E-state index contributed by atoms with van der Waals surface area (Å²) in [5.41, 5.74) is 4.65. The molecule has 10 heteroatoms. The second-order valence-corrected chi connectivity index (χ2v) is 7.93. The molecular formula is C26H25ClN4O5. The van der Waals surface area contributed by atoms with Crippen LogP contribution < -0.4 is 25.5 Å². The van der Waals surface area contributed by atoms with Crippen LogP contribution in [0.3, 0.4) is 0 Å². The highest BCUT2D eigenvalue weighted by atomic mass is 35.5. The van der Waals surface area contributed by atoms with Gasteiger partial charge in [0.2, 0.25) is 0 Å². The molecule has 0 aromatic heterocycles. The van der Waals surface area contributed by atoms with Gasteiger partial charge in [-0.25, -0.2) is 5.43 Å². The van der Waals surface area contributed by atoms with Crippen LogP contribution in [0, 0.1) is 6.92 Å². The molecule has 3 aromatic rings. The van der Waals surface area contributed by atoms with Gasteiger partial charge < -0.3 is 20.1 Å². The molecule has 0 spiro atoms. The summed E-state index contributed by atoms with van der Waals surface area (Å²) in [5, 5.41) is 9.40. The van der Waals surface area contributed by atoms with Gasteiger partial charge in [0.25, 0.3) is 5.91 Å². The van der Waals surface area contributed by atoms with Crippen LogP contribution in [0.2, 0.25) is 5.02 Å². The van der Waals surface area contributed by atoms with Gasteiger partial charge in [0.1, 0.15) is 11.5 Å². The number of benzene rings is 3. The van der Waals surface area contributed by atoms with E-state index in [0.717, 1.165) is 5.56 Å². The van der Waals surface area contributed by atoms with Crippen molar-refractivity contribution in [2.24, 2.45) is 5.10 Å². The largest absolute Gasteiger partial charge is 0.494 e. The Bertz CT molecular complexity index is 1240. The van der Waals surface area contributed by atoms with Gasteiger partial charge in [0.05, 0.1) is 12.8 Å². The van der Waals surface area contributed by atoms with Crippen LogP contribution in [-0.4, -0.2) is 37.1 Å². The second-order valence-electron chi connectivity index (χ2n) is 7.50. The number of amides is 3. The molecule has 0 aliphatic heterocycles. The number of anilines is 2. The van der Waals surface area contributed by atoms with Gasteiger partial charge in [-0.05, 0) is 68.4 Å². The van der Waals surface area contributed by atoms with Gasteiger partial charge in [-0.1, -0.05) is 29.3 Å². The molecule has 0 radical (unpaired) electrons. The van der Waals surface area contributed by atoms with Crippen molar-refractivity contribution < 1.29 is 23.9 Å². The van der Waals surface area contributed by atoms with Crippen LogP contribution in [0.25, 0.3) is 0 Å². The summed E-state index contributed by atoms with van der Waals surface area (Å²) in [6.45, 7) is 4.08. The van der Waals surface area contributed by atoms with Crippen molar-refractivity contribution in [2.45, 2.75) is 13.8 Å². The van der Waals surface area contributed by atoms with Gasteiger partial charge >= 0.3 is 11.8 Å². The molecule has 36 heavy (non-hydrogen) atoms. The van der Waals surface area contributed by atoms with E-state index in [2.05, 4.69) is 21.2 Å². The molecule has 3 aromatic carbocycles. The molecular weight excluding hydrogens is 484 g/mol. The third-order valence-corrected chi connectivity index (χ3v) is 4.90. The number of nitrogens with one attached hydrogen (secondary N) is 3. The Morgan fingerprint density at radius 3 is 2.25 bits per heavy atom. The zero-order valence-electron chi connectivity index (χ0n) is 19.7. The monoisotopic (exact) mass is 508 g/mol. The van der Waals surface area contributed by atoms with Crippen LogP contribution in [-0.2, 0) is 14.4 Å². The van der Waals surface area contributed by atoms with E-state index in [0.29, 0.717) is 40.1 Å². The smallest absolute Gasteiger partial charge is 0.329 e. The molecule has 0 aliphatic rings. The van der Waals surface area contributed by atoms with Crippen molar-refractivity contribution >= 4 is 46.9 Å². The van der Waals surface area contributed by atoms with Gasteiger partial charge in [-0.3, -0.25) is 14.4 Å². The third-order valence-electron chi connectivity index (χ3n) is 4.67. The predicted octanol–water partition coefficient (Wildman–Crippen LogP) is 4.15. The number of hydrazone groups is 1. The average molecular weight is 509 g/mol. The van der Waals surface area contributed by atoms with Crippen LogP contribution >= 0.6 is 11.6 Å². The molecule has 0 heterocycles. The van der Waals surface area contributed by atoms with Crippen molar-refractivity contribution in [3.63, 3.8) is 0 Å². The Labute approximate surface area is 213 Å². The van der Waals surface area contributed by atoms with Crippen LogP contribution in [0.15, 0.2) is 71.8 Å². The predicted molar refractivity (Wildman–Crippen MR) is 139 cm³/mol. The summed E-state index contributed by atoms with van der Waals surface area (Å²) in [6.07, 6.45) is 1.27. The number of rotatable bonds is 9. The summed E-state index contributed by atoms with van der Waals surface area (Å²) in [6, 6.07) is 18.6. The maximum atomic E-state index is 12.3. The SMILES string of the molecule is CCOc1ccc(NC(=O)COc2ccc(Cl)cc2/C=N\NC(=O)C(=O)Nc2ccc(C)cc2)cc1. The fraction of sp³-hybridized carbons (Fsp3) is 0.154. The Balaban J connectivity index is 1.54. The molecule has 0 unspecified atom stereocenters. The van der Waals surface area contributed by atoms with Crippen molar-refractivity contribution in [3.8, 4) is 11.5 Å². The number of carbonyl (C=O) groups excluding carboxylic acids is 3. The van der Waals surface area contributed by atoms with E-state index in [9.17, 15) is 14.4 Å². The first kappa shape index (κ1) is 26.2. The number of halogens is 1. The van der Waals surface area contributed by atoms with E-state index in [1.165, 1.54) is 6.21 Å². The first-order valence-corrected chi connectivity index (χ1v) is 11.4. The van der Waals surface area contributed by atoms with E-state index >= 15 is 0 Å². The average Bonchev–Trinajstić information content (AvgIpc) is 2.86. The topological polar surface area (TPSA) is 118 Å². The van der Waals surface area contributed by atoms with E-state index in [1.807, 2.05) is 26.0 Å². The quantitative estimate of drug-likeness (QED) is 0.228. The highest BCUT2D eigenvalue weighted by Crippen LogP contribution is 2.22. The number of carbonyl (C=O) groups is 3. The lowest BCUT2D eigenvalue weighted by molar-refractivity contribution is -0.136. The zero-order valence-corrected chi connectivity index (χ0v) is 20.5. The van der Waals surface area contributed by atoms with Gasteiger partial charge in [0, 0.05) is 22.0 Å². The third kappa shape index (κ3) is 8.14. The summed E-state index contributed by atoms with van der Waals surface area (Å²) in [7, 11) is 0. The second kappa shape index (κ2) is 12.9. The Hall–Kier alpha value is -4.37. The maximum absolute atomic E-state index is 12.3. The fourth-order valence-electron chi connectivity index (χ4n) is 2.93. The molecule has 0 saturated heterocycles. The maximum Gasteiger partial charge on any atom is 0.329 e. The van der Waals surface area contributed by atoms with Crippen LogP contribution in [0.4, 0.5) is 11.4 Å². The van der Waals surface area contributed by atoms with Gasteiger partial charge in [0.15, 0.2) is 6.61 Å². The molecule has 0 bridgehead atoms. The molecule has 3 amide bonds. The van der Waals surface area contributed by atoms with Crippen molar-refractivity contribution in [3.05, 3.63) is 82.9 Å². The minimum atomic E-state index is -0.953. The van der Waals surface area contributed by atoms with Crippen molar-refractivity contribution in [2.75, 3.05) is 23.8 Å². The highest BCUT2D eigenvalue weighted by Gasteiger charge is 2.13. The molecule has 0 saturated carbocycles. The summed E-state index contributed by atoms with van der Waals surface area (Å²) in [5.74, 6) is -1.19. The standard InChI is InChI=1S/C26H25ClN4O5/c1-3-35-22-11-9-20(10-12-22)29-24(32)16-36-23-13-6-19(27)14-18(23)15-28-31-26(34)25(33)30-21-7-4-17(2)5-8-21/h4-15H,3,16H2,1-2H3,(H,29,32)(H,30,33)(H,31,34)/b28-15-. The van der Waals surface area contributed by atoms with E-state index in [4.69, 9.17) is 21.1 Å². The van der Waals surface area contributed by atoms with Crippen molar-refractivity contribution in [1.29, 1.82) is 0 Å². The number of hydrogen-bond acceptors (Lipinski definition) is 6. The molecule has 3 N–H and O–H groups in total. The minimum absolute atomic E-state index is 0.277. The van der Waals surface area contributed by atoms with Crippen LogP contribution in [0.1, 0.15) is 18.1 Å². The lowest BCUT2D eigenvalue weighted by Crippen LogP contribution is -2.32. The van der Waals surface area contributed by atoms with Gasteiger partial charge in [-0.2, -0.15) is 5.10 Å². The number of nitrogens with zero attached hydrogens (tertiary/aromatic N) is 1. The number of ether oxygens (including phenoxy) is 2. The minimum Gasteiger partial charge on any atom is -0.494 e. The van der Waals surface area contributed by atoms with E-state index in [-0.39, 0.29) is 12.5 Å². The first-order valence-electron chi connectivity index (χ1n) is 11.0. The van der Waals surface area contributed by atoms with Crippen LogP contribution in [0.5, 0.6) is 11.5 Å². The van der Waals surface area contributed by atoms with E-state index in [1.54, 1.807) is 54.6 Å². The zero-order chi connectivity index (χ0) is 25.9. The lowest BCUT2D eigenvalue weighted by atomic mass is 10.2. The molecule has 0 fully saturated rings. The van der Waals surface area contributed by atoms with Crippen molar-refractivity contribution in [1.82, 2.24) is 5.43 Å². The normalized spacial score (nSPS) is 10.5. The summed E-state index contributed by atoms with van der Waals surface area (Å²) < 4.78 is 11.0. The Morgan fingerprint density at radius 1 is 0.889 bits per heavy atom. The molecule has 0 aliphatic carbocycles. The highest BCUT2D eigenvalue weighted by molar-refractivity contribution is 6.39. The summed E-state index contributed by atoms with van der Waals surface area (Å²) in [4.78, 5) is 36.4. The molecule has 0 atom stereocenters. The lowest BCUT2D eigenvalue weighted by Gasteiger charge is -2.10. The fourth-order valence-corrected chi connectivity index (χ4v) is 3.11. The number of hydrogen-bond donors (Lipinski definition) is 3. The first-order chi connectivity index (χ1) is 17.3. The van der Waals surface area contributed by atoms with Gasteiger partial charge in [-0.15, -0.1) is 0 Å². The van der Waals surface area contributed by atoms with E-state index < -0.39 is 11.8 Å². The Morgan fingerprint density at radius 2 is 1.56 bits per heavy atom. The molecule has 186 valence electrons. The molecule has 3 rings (SSSR count). The number of aryl methyl sites for hydroxylation is 1. The Kier molecular flexibility index (Phi) is 9.41. The summed E-state index contributed by atoms with van der Waals surface area (Å²) >= 11 is 6.06.